The maximum absolute atomic E-state index is 12.6. The standard InChI is InChI=1S/C12H12FNO5/c1-2-3-6-19-12(16)8-4-5-9(11(13)15)10(7-8)14(17)18/h4-5,7H,2-3,6H2,1H3. The minimum absolute atomic E-state index is 0.0900. The van der Waals surface area contributed by atoms with E-state index in [1.807, 2.05) is 6.92 Å². The summed E-state index contributed by atoms with van der Waals surface area (Å²) < 4.78 is 17.4. The zero-order chi connectivity index (χ0) is 14.4. The number of unbranched alkanes of at least 4 members (excludes halogenated alkanes) is 1. The Hall–Kier alpha value is -2.31. The van der Waals surface area contributed by atoms with Crippen molar-refractivity contribution in [2.24, 2.45) is 0 Å². The fourth-order valence-corrected chi connectivity index (χ4v) is 1.37. The van der Waals surface area contributed by atoms with Crippen LogP contribution >= 0.6 is 0 Å². The number of nitro groups is 1. The lowest BCUT2D eigenvalue weighted by atomic mass is 10.1. The van der Waals surface area contributed by atoms with Crippen LogP contribution in [0.1, 0.15) is 40.5 Å². The van der Waals surface area contributed by atoms with Crippen molar-refractivity contribution in [3.8, 4) is 0 Å². The fraction of sp³-hybridized carbons (Fsp3) is 0.333. The van der Waals surface area contributed by atoms with Gasteiger partial charge in [-0.2, -0.15) is 4.39 Å². The molecule has 6 nitrogen and oxygen atoms in total. The van der Waals surface area contributed by atoms with E-state index in [2.05, 4.69) is 0 Å². The van der Waals surface area contributed by atoms with E-state index in [0.717, 1.165) is 24.6 Å². The second kappa shape index (κ2) is 6.58. The molecule has 0 N–H and O–H groups in total. The first kappa shape index (κ1) is 14.7. The number of halogens is 1. The molecule has 0 atom stereocenters. The van der Waals surface area contributed by atoms with Crippen molar-refractivity contribution in [1.82, 2.24) is 0 Å². The Bertz CT molecular complexity index is 515. The zero-order valence-corrected chi connectivity index (χ0v) is 10.2. The van der Waals surface area contributed by atoms with Crippen molar-refractivity contribution in [3.63, 3.8) is 0 Å². The molecule has 102 valence electrons. The minimum Gasteiger partial charge on any atom is -0.462 e. The van der Waals surface area contributed by atoms with E-state index in [0.29, 0.717) is 6.42 Å². The number of esters is 1. The summed E-state index contributed by atoms with van der Waals surface area (Å²) in [5, 5.41) is 10.7. The number of nitrogens with zero attached hydrogens (tertiary/aromatic N) is 1. The third-order valence-corrected chi connectivity index (χ3v) is 2.37. The minimum atomic E-state index is -1.92. The quantitative estimate of drug-likeness (QED) is 0.260. The Morgan fingerprint density at radius 1 is 1.42 bits per heavy atom. The van der Waals surface area contributed by atoms with Gasteiger partial charge in [-0.1, -0.05) is 13.3 Å². The summed E-state index contributed by atoms with van der Waals surface area (Å²) in [5.74, 6) is -0.741. The first-order valence-corrected chi connectivity index (χ1v) is 5.62. The molecule has 1 aromatic carbocycles. The summed E-state index contributed by atoms with van der Waals surface area (Å²) in [7, 11) is 0. The van der Waals surface area contributed by atoms with Gasteiger partial charge in [0.15, 0.2) is 0 Å². The molecule has 1 aromatic rings. The van der Waals surface area contributed by atoms with Crippen LogP contribution in [0.15, 0.2) is 18.2 Å². The summed E-state index contributed by atoms with van der Waals surface area (Å²) in [6, 6.07) is 0.934. The highest BCUT2D eigenvalue weighted by molar-refractivity contribution is 5.96. The van der Waals surface area contributed by atoms with Crippen molar-refractivity contribution >= 4 is 17.7 Å². The van der Waals surface area contributed by atoms with Crippen LogP contribution in [0.25, 0.3) is 0 Å². The molecule has 0 fully saturated rings. The second-order valence-corrected chi connectivity index (χ2v) is 3.75. The van der Waals surface area contributed by atoms with Crippen LogP contribution in [-0.2, 0) is 4.74 Å². The van der Waals surface area contributed by atoms with E-state index in [9.17, 15) is 24.1 Å². The maximum Gasteiger partial charge on any atom is 0.339 e. The number of carbonyl (C=O) groups is 2. The monoisotopic (exact) mass is 269 g/mol. The van der Waals surface area contributed by atoms with Crippen molar-refractivity contribution in [2.75, 3.05) is 6.61 Å². The first-order valence-electron chi connectivity index (χ1n) is 5.62. The van der Waals surface area contributed by atoms with Gasteiger partial charge in [0.05, 0.1) is 17.1 Å². The second-order valence-electron chi connectivity index (χ2n) is 3.75. The van der Waals surface area contributed by atoms with Gasteiger partial charge in [-0.05, 0) is 18.6 Å². The summed E-state index contributed by atoms with van der Waals surface area (Å²) in [5.41, 5.74) is -1.53. The predicted molar refractivity (Wildman–Crippen MR) is 63.7 cm³/mol. The van der Waals surface area contributed by atoms with Crippen molar-refractivity contribution in [3.05, 3.63) is 39.4 Å². The highest BCUT2D eigenvalue weighted by atomic mass is 19.1. The fourth-order valence-electron chi connectivity index (χ4n) is 1.37. The largest absolute Gasteiger partial charge is 0.462 e. The molecule has 7 heteroatoms. The van der Waals surface area contributed by atoms with Gasteiger partial charge in [0.1, 0.15) is 5.56 Å². The van der Waals surface area contributed by atoms with Crippen LogP contribution in [-0.4, -0.2) is 23.5 Å². The molecule has 0 aliphatic rings. The van der Waals surface area contributed by atoms with Gasteiger partial charge < -0.3 is 4.74 Å². The third kappa shape index (κ3) is 3.84. The molecule has 0 saturated carbocycles. The van der Waals surface area contributed by atoms with E-state index < -0.39 is 28.2 Å². The Morgan fingerprint density at radius 3 is 2.63 bits per heavy atom. The van der Waals surface area contributed by atoms with Crippen LogP contribution in [0.2, 0.25) is 0 Å². The van der Waals surface area contributed by atoms with Crippen molar-refractivity contribution in [2.45, 2.75) is 19.8 Å². The van der Waals surface area contributed by atoms with Crippen LogP contribution in [0.3, 0.4) is 0 Å². The highest BCUT2D eigenvalue weighted by Gasteiger charge is 2.22. The number of nitro benzene ring substituents is 1. The molecule has 0 aliphatic heterocycles. The Balaban J connectivity index is 2.98. The SMILES string of the molecule is CCCCOC(=O)c1ccc(C(=O)F)c([N+](=O)[O-])c1. The number of hydrogen-bond acceptors (Lipinski definition) is 5. The molecule has 0 saturated heterocycles. The number of hydrogen-bond donors (Lipinski definition) is 0. The molecule has 0 unspecified atom stereocenters. The molecule has 0 heterocycles. The predicted octanol–water partition coefficient (Wildman–Crippen LogP) is 2.66. The highest BCUT2D eigenvalue weighted by Crippen LogP contribution is 2.21. The van der Waals surface area contributed by atoms with Crippen LogP contribution < -0.4 is 0 Å². The molecule has 19 heavy (non-hydrogen) atoms. The van der Waals surface area contributed by atoms with Gasteiger partial charge in [0, 0.05) is 6.07 Å². The lowest BCUT2D eigenvalue weighted by Gasteiger charge is -2.04. The topological polar surface area (TPSA) is 86.5 Å². The normalized spacial score (nSPS) is 10.0. The van der Waals surface area contributed by atoms with E-state index in [4.69, 9.17) is 4.74 Å². The van der Waals surface area contributed by atoms with Crippen molar-refractivity contribution < 1.29 is 23.6 Å². The first-order chi connectivity index (χ1) is 8.97. The lowest BCUT2D eigenvalue weighted by Crippen LogP contribution is -2.08. The number of benzene rings is 1. The molecule has 0 spiro atoms. The average molecular weight is 269 g/mol. The van der Waals surface area contributed by atoms with E-state index in [1.54, 1.807) is 0 Å². The van der Waals surface area contributed by atoms with Crippen LogP contribution in [0, 0.1) is 10.1 Å². The van der Waals surface area contributed by atoms with Gasteiger partial charge in [0.2, 0.25) is 0 Å². The van der Waals surface area contributed by atoms with E-state index in [-0.39, 0.29) is 12.2 Å². The van der Waals surface area contributed by atoms with Gasteiger partial charge >= 0.3 is 12.0 Å². The summed E-state index contributed by atoms with van der Waals surface area (Å²) in [4.78, 5) is 31.9. The molecule has 0 amide bonds. The molecule has 0 radical (unpaired) electrons. The van der Waals surface area contributed by atoms with E-state index >= 15 is 0 Å². The summed E-state index contributed by atoms with van der Waals surface area (Å²) >= 11 is 0. The maximum atomic E-state index is 12.6. The summed E-state index contributed by atoms with van der Waals surface area (Å²) in [6.45, 7) is 2.12. The number of carbonyl (C=O) groups excluding carboxylic acids is 2. The van der Waals surface area contributed by atoms with Gasteiger partial charge in [-0.25, -0.2) is 4.79 Å². The summed E-state index contributed by atoms with van der Waals surface area (Å²) in [6.07, 6.45) is 1.51. The van der Waals surface area contributed by atoms with Crippen molar-refractivity contribution in [1.29, 1.82) is 0 Å². The Kier molecular flexibility index (Phi) is 5.11. The Morgan fingerprint density at radius 2 is 2.11 bits per heavy atom. The van der Waals surface area contributed by atoms with Gasteiger partial charge in [-0.15, -0.1) is 0 Å². The molecule has 1 rings (SSSR count). The number of rotatable bonds is 6. The molecule has 0 bridgehead atoms. The van der Waals surface area contributed by atoms with E-state index in [1.165, 1.54) is 0 Å². The average Bonchev–Trinajstić information content (AvgIpc) is 2.38. The zero-order valence-electron chi connectivity index (χ0n) is 10.2. The molecular weight excluding hydrogens is 257 g/mol. The smallest absolute Gasteiger partial charge is 0.339 e. The van der Waals surface area contributed by atoms with Gasteiger partial charge in [-0.3, -0.25) is 14.9 Å². The number of ether oxygens (including phenoxy) is 1. The lowest BCUT2D eigenvalue weighted by molar-refractivity contribution is -0.385. The van der Waals surface area contributed by atoms with Crippen LogP contribution in [0.5, 0.6) is 0 Å². The molecule has 0 aliphatic carbocycles. The Labute approximate surface area is 108 Å². The molecular formula is C12H12FNO5. The third-order valence-electron chi connectivity index (χ3n) is 2.37. The molecule has 0 aromatic heterocycles. The van der Waals surface area contributed by atoms with Crippen LogP contribution in [0.4, 0.5) is 10.1 Å². The van der Waals surface area contributed by atoms with Gasteiger partial charge in [0.25, 0.3) is 5.69 Å².